The fraction of sp³-hybridized carbons (Fsp3) is 0.182. The highest BCUT2D eigenvalue weighted by atomic mass is 15.3. The lowest BCUT2D eigenvalue weighted by molar-refractivity contribution is 0.756. The third-order valence-corrected chi connectivity index (χ3v) is 6.81. The van der Waals surface area contributed by atoms with Gasteiger partial charge in [0, 0.05) is 29.5 Å². The van der Waals surface area contributed by atoms with Crippen LogP contribution in [0.25, 0.3) is 11.4 Å². The largest absolute Gasteiger partial charge is 0.366 e. The maximum Gasteiger partial charge on any atom is 0.128 e. The van der Waals surface area contributed by atoms with E-state index in [-0.39, 0.29) is 5.92 Å². The summed E-state index contributed by atoms with van der Waals surface area (Å²) in [6, 6.07) is 27.2. The molecule has 4 rings (SSSR count). The van der Waals surface area contributed by atoms with Crippen LogP contribution in [0.5, 0.6) is 0 Å². The first-order chi connectivity index (χ1) is 17.8. The van der Waals surface area contributed by atoms with Gasteiger partial charge in [-0.2, -0.15) is 5.10 Å². The minimum Gasteiger partial charge on any atom is -0.366 e. The molecule has 0 aliphatic carbocycles. The molecular formula is C33H36N4. The smallest absolute Gasteiger partial charge is 0.128 e. The number of rotatable bonds is 10. The molecule has 1 aromatic heterocycles. The number of nitrogens with zero attached hydrogens (tertiary/aromatic N) is 2. The summed E-state index contributed by atoms with van der Waals surface area (Å²) < 4.78 is 1.95. The third-order valence-electron chi connectivity index (χ3n) is 6.81. The van der Waals surface area contributed by atoms with Crippen LogP contribution in [0.4, 0.5) is 5.69 Å². The SMILES string of the molecule is C=C(/C=C(/NCc1cccc(NC(=C)C(C)c2ccccc2)c1)n1ncc(C)c1C)c1ccccc1C. The lowest BCUT2D eigenvalue weighted by Gasteiger charge is -2.18. The number of hydrogen-bond acceptors (Lipinski definition) is 3. The van der Waals surface area contributed by atoms with Crippen molar-refractivity contribution in [3.8, 4) is 0 Å². The van der Waals surface area contributed by atoms with Crippen molar-refractivity contribution in [2.24, 2.45) is 0 Å². The molecule has 188 valence electrons. The van der Waals surface area contributed by atoms with Gasteiger partial charge in [-0.3, -0.25) is 0 Å². The molecule has 0 bridgehead atoms. The van der Waals surface area contributed by atoms with Crippen LogP contribution in [0.3, 0.4) is 0 Å². The average Bonchev–Trinajstić information content (AvgIpc) is 3.24. The standard InChI is InChI=1S/C33H36N4/c1-23-13-10-11-18-32(23)24(2)19-33(37-28(6)25(3)21-35-37)34-22-29-14-12-17-31(20-29)36-27(5)26(4)30-15-8-7-9-16-30/h7-21,26,34,36H,2,5,22H2,1,3-4,6H3/b33-19-. The summed E-state index contributed by atoms with van der Waals surface area (Å²) >= 11 is 0. The number of aromatic nitrogens is 2. The normalized spacial score (nSPS) is 12.2. The topological polar surface area (TPSA) is 41.9 Å². The molecule has 0 aliphatic rings. The van der Waals surface area contributed by atoms with Crippen molar-refractivity contribution in [2.45, 2.75) is 40.2 Å². The zero-order chi connectivity index (χ0) is 26.4. The summed E-state index contributed by atoms with van der Waals surface area (Å²) in [5.41, 5.74) is 9.88. The van der Waals surface area contributed by atoms with E-state index in [1.54, 1.807) is 0 Å². The summed E-state index contributed by atoms with van der Waals surface area (Å²) in [4.78, 5) is 0. The van der Waals surface area contributed by atoms with Gasteiger partial charge in [0.05, 0.1) is 6.20 Å². The van der Waals surface area contributed by atoms with E-state index < -0.39 is 0 Å². The van der Waals surface area contributed by atoms with E-state index in [1.165, 1.54) is 11.1 Å². The van der Waals surface area contributed by atoms with Crippen molar-refractivity contribution in [3.63, 3.8) is 0 Å². The number of benzene rings is 3. The molecule has 0 fully saturated rings. The second kappa shape index (κ2) is 11.6. The zero-order valence-electron chi connectivity index (χ0n) is 22.3. The lowest BCUT2D eigenvalue weighted by Crippen LogP contribution is -2.19. The van der Waals surface area contributed by atoms with Crippen molar-refractivity contribution in [2.75, 3.05) is 5.32 Å². The number of hydrogen-bond donors (Lipinski definition) is 2. The van der Waals surface area contributed by atoms with Crippen molar-refractivity contribution in [3.05, 3.63) is 144 Å². The highest BCUT2D eigenvalue weighted by molar-refractivity contribution is 5.79. The van der Waals surface area contributed by atoms with Crippen LogP contribution < -0.4 is 10.6 Å². The highest BCUT2D eigenvalue weighted by Gasteiger charge is 2.12. The van der Waals surface area contributed by atoms with Gasteiger partial charge in [0.25, 0.3) is 0 Å². The Hall–Kier alpha value is -4.31. The molecule has 0 radical (unpaired) electrons. The summed E-state index contributed by atoms with van der Waals surface area (Å²) in [5.74, 6) is 1.09. The van der Waals surface area contributed by atoms with Crippen LogP contribution >= 0.6 is 0 Å². The Kier molecular flexibility index (Phi) is 8.09. The van der Waals surface area contributed by atoms with Crippen LogP contribution in [-0.2, 0) is 6.54 Å². The fourth-order valence-corrected chi connectivity index (χ4v) is 4.29. The molecule has 0 amide bonds. The zero-order valence-corrected chi connectivity index (χ0v) is 22.3. The van der Waals surface area contributed by atoms with Crippen molar-refractivity contribution in [1.29, 1.82) is 0 Å². The molecule has 0 aliphatic heterocycles. The van der Waals surface area contributed by atoms with Crippen LogP contribution in [0.1, 0.15) is 46.4 Å². The van der Waals surface area contributed by atoms with Gasteiger partial charge in [0.1, 0.15) is 5.82 Å². The van der Waals surface area contributed by atoms with Gasteiger partial charge in [-0.25, -0.2) is 4.68 Å². The predicted octanol–water partition coefficient (Wildman–Crippen LogP) is 7.84. The Morgan fingerprint density at radius 2 is 1.65 bits per heavy atom. The molecule has 0 saturated carbocycles. The van der Waals surface area contributed by atoms with Crippen molar-refractivity contribution < 1.29 is 0 Å². The fourth-order valence-electron chi connectivity index (χ4n) is 4.29. The number of anilines is 1. The summed E-state index contributed by atoms with van der Waals surface area (Å²) in [6.45, 7) is 17.7. The first kappa shape index (κ1) is 25.8. The maximum atomic E-state index is 4.62. The van der Waals surface area contributed by atoms with Gasteiger partial charge in [-0.15, -0.1) is 0 Å². The Bertz CT molecular complexity index is 1430. The van der Waals surface area contributed by atoms with E-state index in [0.29, 0.717) is 6.54 Å². The average molecular weight is 489 g/mol. The Morgan fingerprint density at radius 1 is 0.919 bits per heavy atom. The van der Waals surface area contributed by atoms with Gasteiger partial charge in [-0.1, -0.05) is 86.8 Å². The monoisotopic (exact) mass is 488 g/mol. The quantitative estimate of drug-likeness (QED) is 0.223. The summed E-state index contributed by atoms with van der Waals surface area (Å²) in [7, 11) is 0. The first-order valence-electron chi connectivity index (χ1n) is 12.6. The third kappa shape index (κ3) is 6.28. The van der Waals surface area contributed by atoms with E-state index in [0.717, 1.165) is 45.2 Å². The molecule has 1 unspecified atom stereocenters. The number of allylic oxidation sites excluding steroid dienone is 3. The second-order valence-corrected chi connectivity index (χ2v) is 9.53. The molecule has 1 atom stereocenters. The van der Waals surface area contributed by atoms with E-state index in [2.05, 4.69) is 123 Å². The van der Waals surface area contributed by atoms with Crippen LogP contribution in [0.2, 0.25) is 0 Å². The number of aryl methyl sites for hydroxylation is 2. The maximum absolute atomic E-state index is 4.62. The molecule has 4 aromatic rings. The molecule has 0 saturated heterocycles. The minimum atomic E-state index is 0.205. The van der Waals surface area contributed by atoms with Crippen molar-refractivity contribution in [1.82, 2.24) is 15.1 Å². The lowest BCUT2D eigenvalue weighted by atomic mass is 9.98. The van der Waals surface area contributed by atoms with Crippen LogP contribution in [0, 0.1) is 20.8 Å². The molecule has 37 heavy (non-hydrogen) atoms. The van der Waals surface area contributed by atoms with Crippen LogP contribution in [0.15, 0.2) is 110 Å². The summed E-state index contributed by atoms with van der Waals surface area (Å²) in [5, 5.41) is 11.7. The van der Waals surface area contributed by atoms with Crippen molar-refractivity contribution >= 4 is 17.1 Å². The number of nitrogens with one attached hydrogen (secondary N) is 2. The molecular weight excluding hydrogens is 452 g/mol. The van der Waals surface area contributed by atoms with E-state index in [4.69, 9.17) is 0 Å². The second-order valence-electron chi connectivity index (χ2n) is 9.53. The molecule has 4 nitrogen and oxygen atoms in total. The predicted molar refractivity (Wildman–Crippen MR) is 157 cm³/mol. The van der Waals surface area contributed by atoms with Crippen LogP contribution in [-0.4, -0.2) is 9.78 Å². The Morgan fingerprint density at radius 3 is 2.35 bits per heavy atom. The molecule has 0 spiro atoms. The van der Waals surface area contributed by atoms with Gasteiger partial charge in [0.15, 0.2) is 0 Å². The highest BCUT2D eigenvalue weighted by Crippen LogP contribution is 2.25. The van der Waals surface area contributed by atoms with E-state index in [9.17, 15) is 0 Å². The first-order valence-corrected chi connectivity index (χ1v) is 12.6. The molecule has 1 heterocycles. The molecule has 2 N–H and O–H groups in total. The van der Waals surface area contributed by atoms with Gasteiger partial charge in [-0.05, 0) is 72.4 Å². The molecule has 3 aromatic carbocycles. The van der Waals surface area contributed by atoms with Gasteiger partial charge >= 0.3 is 0 Å². The van der Waals surface area contributed by atoms with Gasteiger partial charge in [0.2, 0.25) is 0 Å². The minimum absolute atomic E-state index is 0.205. The Labute approximate surface area is 221 Å². The van der Waals surface area contributed by atoms with E-state index >= 15 is 0 Å². The van der Waals surface area contributed by atoms with E-state index in [1.807, 2.05) is 29.1 Å². The molecule has 4 heteroatoms. The van der Waals surface area contributed by atoms with Gasteiger partial charge < -0.3 is 10.6 Å². The Balaban J connectivity index is 1.52. The summed E-state index contributed by atoms with van der Waals surface area (Å²) in [6.07, 6.45) is 3.97.